The fourth-order valence-corrected chi connectivity index (χ4v) is 1.31. The minimum atomic E-state index is -1.05. The van der Waals surface area contributed by atoms with Gasteiger partial charge in [-0.1, -0.05) is 0 Å². The van der Waals surface area contributed by atoms with Crippen LogP contribution in [0.2, 0.25) is 0 Å². The Morgan fingerprint density at radius 1 is 1.32 bits per heavy atom. The van der Waals surface area contributed by atoms with Gasteiger partial charge in [0.2, 0.25) is 5.88 Å². The van der Waals surface area contributed by atoms with Crippen molar-refractivity contribution >= 4 is 5.97 Å². The van der Waals surface area contributed by atoms with Crippen molar-refractivity contribution in [1.29, 1.82) is 0 Å². The van der Waals surface area contributed by atoms with E-state index in [1.54, 1.807) is 13.8 Å². The molecule has 0 saturated heterocycles. The van der Waals surface area contributed by atoms with Crippen molar-refractivity contribution in [2.45, 2.75) is 33.2 Å². The van der Waals surface area contributed by atoms with E-state index in [-0.39, 0.29) is 17.0 Å². The molecule has 19 heavy (non-hydrogen) atoms. The number of carbonyl (C=O) groups is 1. The fraction of sp³-hybridized carbons (Fsp3) is 0.615. The second-order valence-electron chi connectivity index (χ2n) is 5.39. The van der Waals surface area contributed by atoms with Gasteiger partial charge in [-0.15, -0.1) is 5.10 Å². The van der Waals surface area contributed by atoms with E-state index in [4.69, 9.17) is 4.74 Å². The van der Waals surface area contributed by atoms with Crippen molar-refractivity contribution in [3.05, 3.63) is 16.8 Å². The van der Waals surface area contributed by atoms with Crippen LogP contribution in [0.15, 0.2) is 0 Å². The van der Waals surface area contributed by atoms with Crippen molar-refractivity contribution in [2.24, 2.45) is 0 Å². The molecule has 0 aliphatic heterocycles. The minimum absolute atomic E-state index is 0.0746. The average Bonchev–Trinajstić information content (AvgIpc) is 2.29. The second kappa shape index (κ2) is 5.52. The monoisotopic (exact) mass is 267 g/mol. The number of carboxylic acid groups (broad SMARTS) is 1. The summed E-state index contributed by atoms with van der Waals surface area (Å²) < 4.78 is 5.56. The molecule has 1 heterocycles. The first-order valence-corrected chi connectivity index (χ1v) is 6.04. The molecule has 106 valence electrons. The third-order valence-corrected chi connectivity index (χ3v) is 3.41. The summed E-state index contributed by atoms with van der Waals surface area (Å²) in [5, 5.41) is 17.0. The van der Waals surface area contributed by atoms with Gasteiger partial charge in [0, 0.05) is 5.54 Å². The first-order valence-electron chi connectivity index (χ1n) is 6.04. The number of aromatic nitrogens is 2. The molecule has 0 atom stereocenters. The Morgan fingerprint density at radius 3 is 2.37 bits per heavy atom. The van der Waals surface area contributed by atoms with Crippen molar-refractivity contribution in [3.8, 4) is 5.88 Å². The first kappa shape index (κ1) is 15.4. The van der Waals surface area contributed by atoms with Gasteiger partial charge in [-0.2, -0.15) is 5.10 Å². The minimum Gasteiger partial charge on any atom is -0.477 e. The number of likely N-dealkylation sites (N-methyl/N-ethyl adjacent to an activating group) is 1. The molecular weight excluding hydrogens is 246 g/mol. The highest BCUT2D eigenvalue weighted by Crippen LogP contribution is 2.22. The van der Waals surface area contributed by atoms with Gasteiger partial charge in [-0.25, -0.2) is 4.79 Å². The van der Waals surface area contributed by atoms with Crippen molar-refractivity contribution in [2.75, 3.05) is 20.7 Å². The van der Waals surface area contributed by atoms with Crippen LogP contribution in [0.4, 0.5) is 0 Å². The van der Waals surface area contributed by atoms with Crippen LogP contribution in [0, 0.1) is 13.8 Å². The van der Waals surface area contributed by atoms with E-state index in [9.17, 15) is 9.90 Å². The normalized spacial score (nSPS) is 11.7. The number of hydrogen-bond acceptors (Lipinski definition) is 5. The lowest BCUT2D eigenvalue weighted by Crippen LogP contribution is -2.43. The van der Waals surface area contributed by atoms with Gasteiger partial charge in [-0.05, 0) is 47.4 Å². The summed E-state index contributed by atoms with van der Waals surface area (Å²) in [5.74, 6) is -0.973. The predicted octanol–water partition coefficient (Wildman–Crippen LogP) is 1.51. The van der Waals surface area contributed by atoms with Crippen molar-refractivity contribution in [1.82, 2.24) is 15.1 Å². The topological polar surface area (TPSA) is 75.6 Å². The Balaban J connectivity index is 3.03. The number of nitrogens with zero attached hydrogens (tertiary/aromatic N) is 3. The Labute approximate surface area is 113 Å². The lowest BCUT2D eigenvalue weighted by atomic mass is 10.1. The van der Waals surface area contributed by atoms with E-state index in [1.807, 2.05) is 32.8 Å². The maximum absolute atomic E-state index is 11.3. The first-order chi connectivity index (χ1) is 8.66. The van der Waals surface area contributed by atoms with Gasteiger partial charge in [0.1, 0.15) is 12.2 Å². The Kier molecular flexibility index (Phi) is 4.47. The van der Waals surface area contributed by atoms with Crippen LogP contribution in [0.1, 0.15) is 35.5 Å². The summed E-state index contributed by atoms with van der Waals surface area (Å²) in [5.41, 5.74) is 1.04. The highest BCUT2D eigenvalue weighted by atomic mass is 16.5. The Hall–Kier alpha value is -1.69. The van der Waals surface area contributed by atoms with Crippen LogP contribution in [-0.4, -0.2) is 52.4 Å². The summed E-state index contributed by atoms with van der Waals surface area (Å²) in [4.78, 5) is 13.3. The number of hydrogen-bond donors (Lipinski definition) is 1. The molecule has 1 rings (SSSR count). The Bertz CT molecular complexity index is 484. The third kappa shape index (κ3) is 3.41. The Morgan fingerprint density at radius 2 is 1.89 bits per heavy atom. The molecule has 1 N–H and O–H groups in total. The molecule has 0 bridgehead atoms. The molecule has 1 aromatic rings. The number of rotatable bonds is 5. The summed E-state index contributed by atoms with van der Waals surface area (Å²) >= 11 is 0. The van der Waals surface area contributed by atoms with Crippen LogP contribution >= 0.6 is 0 Å². The number of ether oxygens (including phenoxy) is 1. The number of aromatic carboxylic acids is 1. The molecule has 0 aliphatic rings. The van der Waals surface area contributed by atoms with Crippen molar-refractivity contribution in [3.63, 3.8) is 0 Å². The zero-order valence-electron chi connectivity index (χ0n) is 12.3. The smallest absolute Gasteiger partial charge is 0.341 e. The summed E-state index contributed by atoms with van der Waals surface area (Å²) in [7, 11) is 3.88. The molecule has 0 spiro atoms. The molecule has 0 aromatic carbocycles. The van der Waals surface area contributed by atoms with Gasteiger partial charge in [0.05, 0.1) is 5.69 Å². The maximum atomic E-state index is 11.3. The van der Waals surface area contributed by atoms with Gasteiger partial charge < -0.3 is 14.7 Å². The molecule has 6 heteroatoms. The fourth-order valence-electron chi connectivity index (χ4n) is 1.31. The zero-order valence-corrected chi connectivity index (χ0v) is 12.3. The van der Waals surface area contributed by atoms with Gasteiger partial charge >= 0.3 is 5.97 Å². The van der Waals surface area contributed by atoms with Crippen molar-refractivity contribution < 1.29 is 14.6 Å². The summed E-state index contributed by atoms with van der Waals surface area (Å²) in [6, 6.07) is 0. The van der Waals surface area contributed by atoms with Crippen LogP contribution in [-0.2, 0) is 0 Å². The SMILES string of the molecule is Cc1nnc(OCC(C)(C)N(C)C)c(C(=O)O)c1C. The molecule has 0 unspecified atom stereocenters. The molecular formula is C13H21N3O3. The number of aryl methyl sites for hydroxylation is 1. The number of carboxylic acids is 1. The zero-order chi connectivity index (χ0) is 14.8. The van der Waals surface area contributed by atoms with Gasteiger partial charge in [-0.3, -0.25) is 0 Å². The third-order valence-electron chi connectivity index (χ3n) is 3.41. The maximum Gasteiger partial charge on any atom is 0.341 e. The van der Waals surface area contributed by atoms with E-state index in [0.717, 1.165) is 0 Å². The molecule has 0 aliphatic carbocycles. The van der Waals surface area contributed by atoms with E-state index in [1.165, 1.54) is 0 Å². The molecule has 0 amide bonds. The standard InChI is InChI=1S/C13H21N3O3/c1-8-9(2)14-15-11(10(8)12(17)18)19-7-13(3,4)16(5)6/h7H2,1-6H3,(H,17,18). The van der Waals surface area contributed by atoms with E-state index in [0.29, 0.717) is 17.9 Å². The van der Waals surface area contributed by atoms with Crippen LogP contribution in [0.3, 0.4) is 0 Å². The molecule has 0 fully saturated rings. The van der Waals surface area contributed by atoms with Crippen LogP contribution in [0.25, 0.3) is 0 Å². The van der Waals surface area contributed by atoms with Crippen LogP contribution in [0.5, 0.6) is 5.88 Å². The highest BCUT2D eigenvalue weighted by Gasteiger charge is 2.25. The molecule has 6 nitrogen and oxygen atoms in total. The quantitative estimate of drug-likeness (QED) is 0.871. The van der Waals surface area contributed by atoms with Gasteiger partial charge in [0.15, 0.2) is 0 Å². The lowest BCUT2D eigenvalue weighted by molar-refractivity contribution is 0.0679. The largest absolute Gasteiger partial charge is 0.477 e. The molecule has 0 radical (unpaired) electrons. The summed E-state index contributed by atoms with van der Waals surface area (Å²) in [6.45, 7) is 7.76. The van der Waals surface area contributed by atoms with E-state index in [2.05, 4.69) is 10.2 Å². The highest BCUT2D eigenvalue weighted by molar-refractivity contribution is 5.91. The second-order valence-corrected chi connectivity index (χ2v) is 5.39. The van der Waals surface area contributed by atoms with Gasteiger partial charge in [0.25, 0.3) is 0 Å². The molecule has 1 aromatic heterocycles. The average molecular weight is 267 g/mol. The lowest BCUT2D eigenvalue weighted by Gasteiger charge is -2.32. The summed E-state index contributed by atoms with van der Waals surface area (Å²) in [6.07, 6.45) is 0. The molecule has 0 saturated carbocycles. The predicted molar refractivity (Wildman–Crippen MR) is 71.7 cm³/mol. The van der Waals surface area contributed by atoms with Crippen LogP contribution < -0.4 is 4.74 Å². The van der Waals surface area contributed by atoms with E-state index >= 15 is 0 Å². The van der Waals surface area contributed by atoms with E-state index < -0.39 is 5.97 Å².